The van der Waals surface area contributed by atoms with Gasteiger partial charge in [0.15, 0.2) is 0 Å². The maximum Gasteiger partial charge on any atom is 0.0472 e. The van der Waals surface area contributed by atoms with Crippen molar-refractivity contribution >= 4 is 0 Å². The number of hydrogen-bond donors (Lipinski definition) is 2. The van der Waals surface area contributed by atoms with Gasteiger partial charge in [-0.2, -0.15) is 0 Å². The van der Waals surface area contributed by atoms with E-state index in [0.29, 0.717) is 12.0 Å². The van der Waals surface area contributed by atoms with E-state index in [0.717, 1.165) is 51.9 Å². The summed E-state index contributed by atoms with van der Waals surface area (Å²) in [5.41, 5.74) is 0.381. The van der Waals surface area contributed by atoms with Crippen LogP contribution in [-0.2, 0) is 4.74 Å². The first-order valence-electron chi connectivity index (χ1n) is 7.92. The average molecular weight is 270 g/mol. The quantitative estimate of drug-likeness (QED) is 0.662. The molecule has 0 bridgehead atoms. The van der Waals surface area contributed by atoms with Crippen LogP contribution in [0.3, 0.4) is 0 Å². The zero-order valence-electron chi connectivity index (χ0n) is 12.4. The van der Waals surface area contributed by atoms with E-state index >= 15 is 0 Å². The van der Waals surface area contributed by atoms with Crippen LogP contribution in [0.25, 0.3) is 0 Å². The van der Waals surface area contributed by atoms with Gasteiger partial charge in [-0.1, -0.05) is 6.92 Å². The van der Waals surface area contributed by atoms with Gasteiger partial charge in [0, 0.05) is 45.5 Å². The number of nitrogens with zero attached hydrogens (tertiary/aromatic N) is 1. The van der Waals surface area contributed by atoms with Crippen molar-refractivity contribution in [1.82, 2.24) is 10.2 Å². The van der Waals surface area contributed by atoms with Crippen LogP contribution >= 0.6 is 0 Å². The molecule has 0 spiro atoms. The summed E-state index contributed by atoms with van der Waals surface area (Å²) in [6.07, 6.45) is 5.93. The third-order valence-corrected chi connectivity index (χ3v) is 4.54. The molecule has 0 radical (unpaired) electrons. The second kappa shape index (κ2) is 7.58. The molecule has 2 rings (SSSR count). The highest BCUT2D eigenvalue weighted by atomic mass is 16.5. The molecule has 0 atom stereocenters. The molecule has 0 aromatic rings. The molecule has 1 aliphatic carbocycles. The Hall–Kier alpha value is -0.160. The van der Waals surface area contributed by atoms with Crippen molar-refractivity contribution in [1.29, 1.82) is 0 Å². The van der Waals surface area contributed by atoms with Crippen LogP contribution in [0.1, 0.15) is 39.0 Å². The summed E-state index contributed by atoms with van der Waals surface area (Å²) >= 11 is 0. The molecule has 4 nitrogen and oxygen atoms in total. The Morgan fingerprint density at radius 2 is 2.05 bits per heavy atom. The molecule has 112 valence electrons. The molecule has 1 heterocycles. The first-order chi connectivity index (χ1) is 9.28. The van der Waals surface area contributed by atoms with Gasteiger partial charge in [-0.25, -0.2) is 0 Å². The van der Waals surface area contributed by atoms with Crippen LogP contribution in [0.4, 0.5) is 0 Å². The number of ether oxygens (including phenoxy) is 1. The second-order valence-corrected chi connectivity index (χ2v) is 6.21. The topological polar surface area (TPSA) is 44.7 Å². The second-order valence-electron chi connectivity index (χ2n) is 6.21. The summed E-state index contributed by atoms with van der Waals surface area (Å²) in [5, 5.41) is 12.7. The molecule has 0 aromatic heterocycles. The van der Waals surface area contributed by atoms with Gasteiger partial charge in [0.2, 0.25) is 0 Å². The van der Waals surface area contributed by atoms with Gasteiger partial charge in [0.25, 0.3) is 0 Å². The van der Waals surface area contributed by atoms with E-state index in [1.807, 2.05) is 0 Å². The molecule has 1 saturated carbocycles. The Morgan fingerprint density at radius 3 is 2.63 bits per heavy atom. The molecule has 4 heteroatoms. The first kappa shape index (κ1) is 15.2. The van der Waals surface area contributed by atoms with Crippen LogP contribution in [-0.4, -0.2) is 62.0 Å². The van der Waals surface area contributed by atoms with Gasteiger partial charge in [-0.15, -0.1) is 0 Å². The number of rotatable bonds is 9. The van der Waals surface area contributed by atoms with E-state index in [1.165, 1.54) is 25.7 Å². The van der Waals surface area contributed by atoms with Crippen molar-refractivity contribution in [3.63, 3.8) is 0 Å². The lowest BCUT2D eigenvalue weighted by atomic mass is 9.79. The molecule has 2 fully saturated rings. The first-order valence-corrected chi connectivity index (χ1v) is 7.92. The van der Waals surface area contributed by atoms with Crippen LogP contribution < -0.4 is 5.32 Å². The maximum absolute atomic E-state index is 9.01. The van der Waals surface area contributed by atoms with E-state index in [1.54, 1.807) is 0 Å². The van der Waals surface area contributed by atoms with Crippen molar-refractivity contribution in [3.8, 4) is 0 Å². The Kier molecular flexibility index (Phi) is 6.07. The van der Waals surface area contributed by atoms with Crippen LogP contribution in [0.5, 0.6) is 0 Å². The number of aliphatic hydroxyl groups is 1. The minimum atomic E-state index is 0.299. The number of aliphatic hydroxyl groups excluding tert-OH is 1. The van der Waals surface area contributed by atoms with E-state index in [2.05, 4.69) is 17.1 Å². The van der Waals surface area contributed by atoms with Crippen molar-refractivity contribution < 1.29 is 9.84 Å². The Bertz CT molecular complexity index is 251. The normalized spacial score (nSPS) is 22.9. The lowest BCUT2D eigenvalue weighted by Crippen LogP contribution is -2.48. The van der Waals surface area contributed by atoms with Gasteiger partial charge in [-0.05, 0) is 44.1 Å². The fraction of sp³-hybridized carbons (Fsp3) is 1.00. The molecule has 0 aromatic carbocycles. The SMILES string of the molecule is CCN(CCCO)CC1(CNC2CC2)CCOCC1. The molecule has 19 heavy (non-hydrogen) atoms. The monoisotopic (exact) mass is 270 g/mol. The number of hydrogen-bond acceptors (Lipinski definition) is 4. The summed E-state index contributed by atoms with van der Waals surface area (Å²) < 4.78 is 5.56. The van der Waals surface area contributed by atoms with E-state index < -0.39 is 0 Å². The fourth-order valence-electron chi connectivity index (χ4n) is 2.96. The molecule has 1 aliphatic heterocycles. The average Bonchev–Trinajstić information content (AvgIpc) is 3.27. The van der Waals surface area contributed by atoms with Crippen molar-refractivity contribution in [2.75, 3.05) is 46.0 Å². The summed E-state index contributed by atoms with van der Waals surface area (Å²) in [6, 6.07) is 0.784. The molecule has 1 saturated heterocycles. The van der Waals surface area contributed by atoms with E-state index in [-0.39, 0.29) is 0 Å². The summed E-state index contributed by atoms with van der Waals surface area (Å²) in [4.78, 5) is 2.50. The molecule has 2 N–H and O–H groups in total. The fourth-order valence-corrected chi connectivity index (χ4v) is 2.96. The molecule has 2 aliphatic rings. The highest BCUT2D eigenvalue weighted by molar-refractivity contribution is 4.91. The zero-order chi connectivity index (χ0) is 13.6. The van der Waals surface area contributed by atoms with Gasteiger partial charge < -0.3 is 20.1 Å². The number of nitrogens with one attached hydrogen (secondary N) is 1. The van der Waals surface area contributed by atoms with Crippen LogP contribution in [0.2, 0.25) is 0 Å². The largest absolute Gasteiger partial charge is 0.396 e. The minimum Gasteiger partial charge on any atom is -0.396 e. The predicted molar refractivity (Wildman–Crippen MR) is 77.3 cm³/mol. The molecule has 0 unspecified atom stereocenters. The third-order valence-electron chi connectivity index (χ3n) is 4.54. The van der Waals surface area contributed by atoms with E-state index in [4.69, 9.17) is 9.84 Å². The summed E-state index contributed by atoms with van der Waals surface area (Å²) in [5.74, 6) is 0. The van der Waals surface area contributed by atoms with Crippen molar-refractivity contribution in [2.45, 2.75) is 45.1 Å². The standard InChI is InChI=1S/C15H30N2O2/c1-2-17(8-3-9-18)13-15(6-10-19-11-7-15)12-16-14-4-5-14/h14,16,18H,2-13H2,1H3. The lowest BCUT2D eigenvalue weighted by molar-refractivity contribution is -0.00454. The minimum absolute atomic E-state index is 0.299. The molecular formula is C15H30N2O2. The summed E-state index contributed by atoms with van der Waals surface area (Å²) in [6.45, 7) is 8.70. The van der Waals surface area contributed by atoms with Crippen molar-refractivity contribution in [3.05, 3.63) is 0 Å². The third kappa shape index (κ3) is 5.03. The van der Waals surface area contributed by atoms with Gasteiger partial charge in [-0.3, -0.25) is 0 Å². The highest BCUT2D eigenvalue weighted by Gasteiger charge is 2.35. The van der Waals surface area contributed by atoms with Crippen LogP contribution in [0.15, 0.2) is 0 Å². The lowest BCUT2D eigenvalue weighted by Gasteiger charge is -2.41. The van der Waals surface area contributed by atoms with Gasteiger partial charge in [0.05, 0.1) is 0 Å². The molecule has 0 amide bonds. The Labute approximate surface area is 117 Å². The van der Waals surface area contributed by atoms with Gasteiger partial charge >= 0.3 is 0 Å². The Morgan fingerprint density at radius 1 is 1.32 bits per heavy atom. The Balaban J connectivity index is 1.86. The molecular weight excluding hydrogens is 240 g/mol. The summed E-state index contributed by atoms with van der Waals surface area (Å²) in [7, 11) is 0. The zero-order valence-corrected chi connectivity index (χ0v) is 12.4. The maximum atomic E-state index is 9.01. The van der Waals surface area contributed by atoms with E-state index in [9.17, 15) is 0 Å². The highest BCUT2D eigenvalue weighted by Crippen LogP contribution is 2.32. The van der Waals surface area contributed by atoms with Crippen molar-refractivity contribution in [2.24, 2.45) is 5.41 Å². The van der Waals surface area contributed by atoms with Gasteiger partial charge in [0.1, 0.15) is 0 Å². The smallest absolute Gasteiger partial charge is 0.0472 e. The van der Waals surface area contributed by atoms with Crippen LogP contribution in [0, 0.1) is 5.41 Å². The predicted octanol–water partition coefficient (Wildman–Crippen LogP) is 1.24.